The molecule has 246 valence electrons. The zero-order valence-electron chi connectivity index (χ0n) is 28.2. The fourth-order valence-corrected chi connectivity index (χ4v) is 11.0. The Morgan fingerprint density at radius 2 is 0.943 bits per heavy atom. The molecule has 3 nitrogen and oxygen atoms in total. The third-order valence-corrected chi connectivity index (χ3v) is 13.2. The lowest BCUT2D eigenvalue weighted by Crippen LogP contribution is -2.04. The fourth-order valence-electron chi connectivity index (χ4n) is 8.57. The standard InChI is InChI=1S/C48H27N3S2/c1-2-14-28(15-3-1)42-47-43(37-21-9-11-27-40(37)53-47)50-48(49-42)51-44-34(36-24-13-23-35-31-18-8-10-26-39(31)52-46(35)36)22-12-25-38(44)41-32-19-6-4-16-29(32)30-17-5-7-20-33(30)45(41)51/h1-27H. The molecule has 5 heteroatoms. The van der Waals surface area contributed by atoms with Gasteiger partial charge in [0.05, 0.1) is 26.9 Å². The number of para-hydroxylation sites is 1. The van der Waals surface area contributed by atoms with E-state index in [2.05, 4.69) is 168 Å². The highest BCUT2D eigenvalue weighted by Crippen LogP contribution is 2.48. The molecule has 0 aliphatic heterocycles. The fraction of sp³-hybridized carbons (Fsp3) is 0. The van der Waals surface area contributed by atoms with Crippen LogP contribution in [0, 0.1) is 0 Å². The van der Waals surface area contributed by atoms with E-state index in [1.54, 1.807) is 11.3 Å². The molecule has 12 rings (SSSR count). The number of hydrogen-bond donors (Lipinski definition) is 0. The zero-order valence-corrected chi connectivity index (χ0v) is 29.9. The zero-order chi connectivity index (χ0) is 34.6. The van der Waals surface area contributed by atoms with Gasteiger partial charge < -0.3 is 0 Å². The molecule has 0 saturated carbocycles. The van der Waals surface area contributed by atoms with Crippen LogP contribution in [-0.2, 0) is 0 Å². The van der Waals surface area contributed by atoms with Crippen LogP contribution in [0.5, 0.6) is 0 Å². The number of thiophene rings is 2. The molecule has 53 heavy (non-hydrogen) atoms. The summed E-state index contributed by atoms with van der Waals surface area (Å²) < 4.78 is 7.29. The summed E-state index contributed by atoms with van der Waals surface area (Å²) in [6, 6.07) is 59.2. The molecule has 0 fully saturated rings. The molecule has 0 aliphatic carbocycles. The van der Waals surface area contributed by atoms with Crippen LogP contribution in [0.15, 0.2) is 164 Å². The van der Waals surface area contributed by atoms with Gasteiger partial charge in [0, 0.05) is 63.1 Å². The third-order valence-electron chi connectivity index (χ3n) is 10.8. The highest BCUT2D eigenvalue weighted by Gasteiger charge is 2.25. The van der Waals surface area contributed by atoms with Gasteiger partial charge in [0.1, 0.15) is 0 Å². The largest absolute Gasteiger partial charge is 0.277 e. The van der Waals surface area contributed by atoms with Crippen LogP contribution in [0.2, 0.25) is 0 Å². The lowest BCUT2D eigenvalue weighted by molar-refractivity contribution is 1.02. The van der Waals surface area contributed by atoms with Gasteiger partial charge in [-0.2, -0.15) is 0 Å². The van der Waals surface area contributed by atoms with Gasteiger partial charge >= 0.3 is 0 Å². The van der Waals surface area contributed by atoms with E-state index in [1.807, 2.05) is 11.3 Å². The first-order chi connectivity index (χ1) is 26.3. The summed E-state index contributed by atoms with van der Waals surface area (Å²) in [4.78, 5) is 11.2. The number of benzene rings is 8. The Bertz CT molecular complexity index is 3460. The van der Waals surface area contributed by atoms with Crippen LogP contribution in [-0.4, -0.2) is 14.5 Å². The van der Waals surface area contributed by atoms with Crippen molar-refractivity contribution in [2.45, 2.75) is 0 Å². The molecule has 0 amide bonds. The number of fused-ring (bicyclic) bond motifs is 14. The molecule has 0 N–H and O–H groups in total. The van der Waals surface area contributed by atoms with Crippen molar-refractivity contribution in [3.05, 3.63) is 164 Å². The molecule has 0 bridgehead atoms. The lowest BCUT2D eigenvalue weighted by Gasteiger charge is -2.14. The summed E-state index contributed by atoms with van der Waals surface area (Å²) in [7, 11) is 0. The van der Waals surface area contributed by atoms with E-state index in [1.165, 1.54) is 68.3 Å². The Morgan fingerprint density at radius 1 is 0.377 bits per heavy atom. The summed E-state index contributed by atoms with van der Waals surface area (Å²) in [5.41, 5.74) is 7.66. The predicted molar refractivity (Wildman–Crippen MR) is 228 cm³/mol. The number of hydrogen-bond acceptors (Lipinski definition) is 4. The summed E-state index contributed by atoms with van der Waals surface area (Å²) >= 11 is 3.64. The smallest absolute Gasteiger partial charge is 0.235 e. The van der Waals surface area contributed by atoms with Crippen molar-refractivity contribution in [1.29, 1.82) is 0 Å². The maximum absolute atomic E-state index is 5.59. The minimum atomic E-state index is 0.677. The molecule has 0 spiro atoms. The lowest BCUT2D eigenvalue weighted by atomic mass is 9.95. The van der Waals surface area contributed by atoms with Gasteiger partial charge in [-0.15, -0.1) is 22.7 Å². The second-order valence-corrected chi connectivity index (χ2v) is 15.8. The van der Waals surface area contributed by atoms with Crippen LogP contribution >= 0.6 is 22.7 Å². The molecule has 0 unspecified atom stereocenters. The van der Waals surface area contributed by atoms with Crippen LogP contribution in [0.1, 0.15) is 0 Å². The normalized spacial score (nSPS) is 12.2. The maximum Gasteiger partial charge on any atom is 0.235 e. The van der Waals surface area contributed by atoms with Crippen LogP contribution in [0.25, 0.3) is 112 Å². The predicted octanol–water partition coefficient (Wildman–Crippen LogP) is 13.9. The first kappa shape index (κ1) is 29.2. The van der Waals surface area contributed by atoms with Gasteiger partial charge in [-0.1, -0.05) is 152 Å². The summed E-state index contributed by atoms with van der Waals surface area (Å²) in [5, 5.41) is 11.0. The van der Waals surface area contributed by atoms with E-state index in [4.69, 9.17) is 9.97 Å². The molecule has 4 aromatic heterocycles. The highest BCUT2D eigenvalue weighted by atomic mass is 32.1. The van der Waals surface area contributed by atoms with Crippen molar-refractivity contribution in [1.82, 2.24) is 14.5 Å². The molecule has 0 saturated heterocycles. The van der Waals surface area contributed by atoms with Crippen molar-refractivity contribution < 1.29 is 0 Å². The quantitative estimate of drug-likeness (QED) is 0.171. The van der Waals surface area contributed by atoms with Gasteiger partial charge in [-0.05, 0) is 28.3 Å². The third kappa shape index (κ3) is 4.09. The average molecular weight is 710 g/mol. The topological polar surface area (TPSA) is 30.7 Å². The summed E-state index contributed by atoms with van der Waals surface area (Å²) in [6.07, 6.45) is 0. The molecule has 0 radical (unpaired) electrons. The Hall–Kier alpha value is -6.40. The van der Waals surface area contributed by atoms with Crippen molar-refractivity contribution in [2.75, 3.05) is 0 Å². The van der Waals surface area contributed by atoms with E-state index in [9.17, 15) is 0 Å². The summed E-state index contributed by atoms with van der Waals surface area (Å²) in [5.74, 6) is 0.677. The first-order valence-electron chi connectivity index (χ1n) is 17.8. The Labute approximate surface area is 311 Å². The first-order valence-corrected chi connectivity index (χ1v) is 19.5. The average Bonchev–Trinajstić information content (AvgIpc) is 3.91. The van der Waals surface area contributed by atoms with Crippen LogP contribution in [0.3, 0.4) is 0 Å². The van der Waals surface area contributed by atoms with Crippen LogP contribution in [0.4, 0.5) is 0 Å². The van der Waals surface area contributed by atoms with Crippen molar-refractivity contribution >= 4 is 106 Å². The molecular weight excluding hydrogens is 683 g/mol. The monoisotopic (exact) mass is 709 g/mol. The second-order valence-electron chi connectivity index (χ2n) is 13.6. The maximum atomic E-state index is 5.59. The molecule has 4 heterocycles. The molecule has 12 aromatic rings. The Balaban J connectivity index is 1.33. The highest BCUT2D eigenvalue weighted by molar-refractivity contribution is 7.26. The minimum Gasteiger partial charge on any atom is -0.277 e. The molecule has 0 aliphatic rings. The Morgan fingerprint density at radius 3 is 1.74 bits per heavy atom. The van der Waals surface area contributed by atoms with E-state index >= 15 is 0 Å². The van der Waals surface area contributed by atoms with E-state index in [0.717, 1.165) is 37.9 Å². The SMILES string of the molecule is c1ccc(-c2nc(-n3c4c(-c5cccc6c5sc5ccccc56)cccc4c4c5ccccc5c5ccccc5c43)nc3c2sc2ccccc23)cc1. The number of nitrogens with zero attached hydrogens (tertiary/aromatic N) is 3. The number of aromatic nitrogens is 3. The number of rotatable bonds is 3. The van der Waals surface area contributed by atoms with Crippen molar-refractivity contribution in [3.63, 3.8) is 0 Å². The second kappa shape index (κ2) is 11.1. The Kier molecular flexibility index (Phi) is 6.09. The minimum absolute atomic E-state index is 0.677. The van der Waals surface area contributed by atoms with Crippen molar-refractivity contribution in [2.24, 2.45) is 0 Å². The van der Waals surface area contributed by atoms with Gasteiger partial charge in [0.25, 0.3) is 0 Å². The summed E-state index contributed by atoms with van der Waals surface area (Å²) in [6.45, 7) is 0. The molecular formula is C48H27N3S2. The molecule has 0 atom stereocenters. The van der Waals surface area contributed by atoms with E-state index < -0.39 is 0 Å². The van der Waals surface area contributed by atoms with E-state index in [0.29, 0.717) is 5.95 Å². The van der Waals surface area contributed by atoms with Gasteiger partial charge in [-0.25, -0.2) is 9.97 Å². The van der Waals surface area contributed by atoms with Gasteiger partial charge in [0.15, 0.2) is 0 Å². The van der Waals surface area contributed by atoms with Crippen molar-refractivity contribution in [3.8, 4) is 28.3 Å². The molecule has 8 aromatic carbocycles. The van der Waals surface area contributed by atoms with E-state index in [-0.39, 0.29) is 0 Å². The van der Waals surface area contributed by atoms with Gasteiger partial charge in [-0.3, -0.25) is 4.57 Å². The van der Waals surface area contributed by atoms with Crippen LogP contribution < -0.4 is 0 Å². The van der Waals surface area contributed by atoms with Gasteiger partial charge in [0.2, 0.25) is 5.95 Å².